The smallest absolute Gasteiger partial charge is 0.238 e. The minimum Gasteiger partial charge on any atom is -0.325 e. The third-order valence-electron chi connectivity index (χ3n) is 4.86. The van der Waals surface area contributed by atoms with Crippen LogP contribution in [-0.2, 0) is 11.2 Å². The van der Waals surface area contributed by atoms with Crippen molar-refractivity contribution in [2.24, 2.45) is 0 Å². The SMILES string of the molecule is Cc1ccc(NC(=O)CN2CCc3sccc3[C@H]2c2ccccc2)cc1. The summed E-state index contributed by atoms with van der Waals surface area (Å²) in [7, 11) is 0. The number of nitrogens with zero attached hydrogens (tertiary/aromatic N) is 1. The first-order valence-electron chi connectivity index (χ1n) is 8.92. The average Bonchev–Trinajstić information content (AvgIpc) is 3.13. The first-order chi connectivity index (χ1) is 12.7. The van der Waals surface area contributed by atoms with E-state index in [1.54, 1.807) is 0 Å². The molecular formula is C22H22N2OS. The second-order valence-corrected chi connectivity index (χ2v) is 7.75. The van der Waals surface area contributed by atoms with Gasteiger partial charge in [-0.2, -0.15) is 0 Å². The molecular weight excluding hydrogens is 340 g/mol. The molecule has 0 aliphatic carbocycles. The number of benzene rings is 2. The molecule has 0 saturated carbocycles. The molecule has 1 N–H and O–H groups in total. The summed E-state index contributed by atoms with van der Waals surface area (Å²) in [6.07, 6.45) is 1.01. The quantitative estimate of drug-likeness (QED) is 0.733. The van der Waals surface area contributed by atoms with Crippen LogP contribution in [0.1, 0.15) is 27.6 Å². The van der Waals surface area contributed by atoms with E-state index in [0.717, 1.165) is 18.7 Å². The maximum atomic E-state index is 12.6. The van der Waals surface area contributed by atoms with Gasteiger partial charge in [-0.3, -0.25) is 9.69 Å². The number of carbonyl (C=O) groups excluding carboxylic acids is 1. The number of amides is 1. The first-order valence-corrected chi connectivity index (χ1v) is 9.80. The maximum absolute atomic E-state index is 12.6. The highest BCUT2D eigenvalue weighted by Gasteiger charge is 2.30. The molecule has 0 fully saturated rings. The van der Waals surface area contributed by atoms with E-state index in [2.05, 4.69) is 45.9 Å². The summed E-state index contributed by atoms with van der Waals surface area (Å²) in [5, 5.41) is 5.19. The molecule has 0 saturated heterocycles. The zero-order chi connectivity index (χ0) is 17.9. The first kappa shape index (κ1) is 17.0. The summed E-state index contributed by atoms with van der Waals surface area (Å²) in [4.78, 5) is 16.4. The highest BCUT2D eigenvalue weighted by Crippen LogP contribution is 2.37. The maximum Gasteiger partial charge on any atom is 0.238 e. The summed E-state index contributed by atoms with van der Waals surface area (Å²) < 4.78 is 0. The Bertz CT molecular complexity index is 886. The molecule has 132 valence electrons. The van der Waals surface area contributed by atoms with E-state index in [1.807, 2.05) is 48.6 Å². The normalized spacial score (nSPS) is 16.9. The van der Waals surface area contributed by atoms with Crippen molar-refractivity contribution in [3.63, 3.8) is 0 Å². The third-order valence-corrected chi connectivity index (χ3v) is 5.86. The molecule has 4 heteroatoms. The van der Waals surface area contributed by atoms with Gasteiger partial charge in [-0.25, -0.2) is 0 Å². The molecule has 0 spiro atoms. The zero-order valence-electron chi connectivity index (χ0n) is 14.8. The number of thiophene rings is 1. The Morgan fingerprint density at radius 3 is 2.65 bits per heavy atom. The minimum absolute atomic E-state index is 0.0356. The predicted molar refractivity (Wildman–Crippen MR) is 108 cm³/mol. The van der Waals surface area contributed by atoms with Gasteiger partial charge in [-0.15, -0.1) is 11.3 Å². The lowest BCUT2D eigenvalue weighted by Crippen LogP contribution is -2.40. The number of carbonyl (C=O) groups is 1. The summed E-state index contributed by atoms with van der Waals surface area (Å²) in [5.74, 6) is 0.0356. The summed E-state index contributed by atoms with van der Waals surface area (Å²) in [6, 6.07) is 20.8. The molecule has 2 heterocycles. The number of hydrogen-bond acceptors (Lipinski definition) is 3. The number of nitrogens with one attached hydrogen (secondary N) is 1. The van der Waals surface area contributed by atoms with Gasteiger partial charge in [0.2, 0.25) is 5.91 Å². The van der Waals surface area contributed by atoms with E-state index in [4.69, 9.17) is 0 Å². The molecule has 0 unspecified atom stereocenters. The molecule has 3 nitrogen and oxygen atoms in total. The van der Waals surface area contributed by atoms with Crippen LogP contribution in [0.25, 0.3) is 0 Å². The van der Waals surface area contributed by atoms with Gasteiger partial charge >= 0.3 is 0 Å². The van der Waals surface area contributed by atoms with E-state index < -0.39 is 0 Å². The highest BCUT2D eigenvalue weighted by atomic mass is 32.1. The molecule has 3 aromatic rings. The number of fused-ring (bicyclic) bond motifs is 1. The number of rotatable bonds is 4. The lowest BCUT2D eigenvalue weighted by molar-refractivity contribution is -0.117. The Hall–Kier alpha value is -2.43. The standard InChI is InChI=1S/C22H22N2OS/c1-16-7-9-18(10-8-16)23-21(25)15-24-13-11-20-19(12-14-26-20)22(24)17-5-3-2-4-6-17/h2-10,12,14,22H,11,13,15H2,1H3,(H,23,25)/t22-/m1/s1. The largest absolute Gasteiger partial charge is 0.325 e. The van der Waals surface area contributed by atoms with Crippen molar-refractivity contribution < 1.29 is 4.79 Å². The number of aryl methyl sites for hydroxylation is 1. The van der Waals surface area contributed by atoms with Crippen molar-refractivity contribution in [1.82, 2.24) is 4.90 Å². The van der Waals surface area contributed by atoms with Crippen LogP contribution in [0.5, 0.6) is 0 Å². The predicted octanol–water partition coefficient (Wildman–Crippen LogP) is 4.64. The summed E-state index contributed by atoms with van der Waals surface area (Å²) in [6.45, 7) is 3.33. The van der Waals surface area contributed by atoms with Crippen molar-refractivity contribution in [3.8, 4) is 0 Å². The molecule has 1 aromatic heterocycles. The molecule has 1 aliphatic rings. The van der Waals surface area contributed by atoms with E-state index in [0.29, 0.717) is 6.54 Å². The van der Waals surface area contributed by atoms with Crippen molar-refractivity contribution in [2.75, 3.05) is 18.4 Å². The van der Waals surface area contributed by atoms with Gasteiger partial charge < -0.3 is 5.32 Å². The van der Waals surface area contributed by atoms with Crippen molar-refractivity contribution in [1.29, 1.82) is 0 Å². The number of anilines is 1. The molecule has 0 radical (unpaired) electrons. The molecule has 1 aliphatic heterocycles. The fraction of sp³-hybridized carbons (Fsp3) is 0.227. The molecule has 1 atom stereocenters. The second-order valence-electron chi connectivity index (χ2n) is 6.75. The molecule has 4 rings (SSSR count). The van der Waals surface area contributed by atoms with Crippen LogP contribution in [0.3, 0.4) is 0 Å². The van der Waals surface area contributed by atoms with Crippen LogP contribution in [0, 0.1) is 6.92 Å². The van der Waals surface area contributed by atoms with E-state index >= 15 is 0 Å². The topological polar surface area (TPSA) is 32.3 Å². The van der Waals surface area contributed by atoms with Gasteiger partial charge in [0.25, 0.3) is 0 Å². The van der Waals surface area contributed by atoms with Crippen LogP contribution in [0.15, 0.2) is 66.0 Å². The van der Waals surface area contributed by atoms with Gasteiger partial charge in [-0.05, 0) is 48.1 Å². The second kappa shape index (κ2) is 7.44. The monoisotopic (exact) mass is 362 g/mol. The van der Waals surface area contributed by atoms with Crippen LogP contribution in [0.4, 0.5) is 5.69 Å². The van der Waals surface area contributed by atoms with E-state index in [-0.39, 0.29) is 11.9 Å². The van der Waals surface area contributed by atoms with Crippen LogP contribution >= 0.6 is 11.3 Å². The zero-order valence-corrected chi connectivity index (χ0v) is 15.6. The fourth-order valence-corrected chi connectivity index (χ4v) is 4.49. The van der Waals surface area contributed by atoms with E-state index in [1.165, 1.54) is 21.6 Å². The average molecular weight is 362 g/mol. The lowest BCUT2D eigenvalue weighted by Gasteiger charge is -2.35. The molecule has 0 bridgehead atoms. The molecule has 2 aromatic carbocycles. The van der Waals surface area contributed by atoms with Crippen molar-refractivity contribution in [3.05, 3.63) is 87.6 Å². The van der Waals surface area contributed by atoms with Crippen LogP contribution in [0.2, 0.25) is 0 Å². The molecule has 26 heavy (non-hydrogen) atoms. The van der Waals surface area contributed by atoms with Crippen LogP contribution < -0.4 is 5.32 Å². The molecule has 1 amide bonds. The Labute approximate surface area is 158 Å². The Kier molecular flexibility index (Phi) is 4.87. The summed E-state index contributed by atoms with van der Waals surface area (Å²) in [5.41, 5.74) is 4.63. The van der Waals surface area contributed by atoms with Gasteiger partial charge in [0.15, 0.2) is 0 Å². The van der Waals surface area contributed by atoms with Crippen molar-refractivity contribution >= 4 is 22.9 Å². The lowest BCUT2D eigenvalue weighted by atomic mass is 9.93. The van der Waals surface area contributed by atoms with Gasteiger partial charge in [-0.1, -0.05) is 48.0 Å². The Morgan fingerprint density at radius 1 is 1.12 bits per heavy atom. The Morgan fingerprint density at radius 2 is 1.88 bits per heavy atom. The highest BCUT2D eigenvalue weighted by molar-refractivity contribution is 7.10. The van der Waals surface area contributed by atoms with Crippen molar-refractivity contribution in [2.45, 2.75) is 19.4 Å². The van der Waals surface area contributed by atoms with Crippen LogP contribution in [-0.4, -0.2) is 23.9 Å². The van der Waals surface area contributed by atoms with Gasteiger partial charge in [0, 0.05) is 17.1 Å². The minimum atomic E-state index is 0.0356. The Balaban J connectivity index is 1.54. The fourth-order valence-electron chi connectivity index (χ4n) is 3.59. The van der Waals surface area contributed by atoms with E-state index in [9.17, 15) is 4.79 Å². The van der Waals surface area contributed by atoms with Gasteiger partial charge in [0.05, 0.1) is 12.6 Å². The van der Waals surface area contributed by atoms with Gasteiger partial charge in [0.1, 0.15) is 0 Å². The summed E-state index contributed by atoms with van der Waals surface area (Å²) >= 11 is 1.82. The number of hydrogen-bond donors (Lipinski definition) is 1. The third kappa shape index (κ3) is 3.57.